The third-order valence-corrected chi connectivity index (χ3v) is 3.17. The van der Waals surface area contributed by atoms with Gasteiger partial charge in [0.25, 0.3) is 0 Å². The molecule has 21 heavy (non-hydrogen) atoms. The van der Waals surface area contributed by atoms with Crippen LogP contribution in [0.15, 0.2) is 18.2 Å². The van der Waals surface area contributed by atoms with Gasteiger partial charge in [-0.05, 0) is 18.2 Å². The van der Waals surface area contributed by atoms with Gasteiger partial charge in [-0.2, -0.15) is 13.2 Å². The largest absolute Gasteiger partial charge is 0.478 e. The maximum atomic E-state index is 12.7. The van der Waals surface area contributed by atoms with Crippen molar-refractivity contribution < 1.29 is 32.7 Å². The standard InChI is InChI=1S/C13H10F3NO4/c1-6-4-10(18)17(11(6)19)9-5-7(13(14,15)16)2-3-8(9)12(20)21/h2-3,5-6H,4H2,1H3,(H,20,21). The number of anilines is 1. The topological polar surface area (TPSA) is 74.7 Å². The van der Waals surface area contributed by atoms with Crippen LogP contribution in [0.5, 0.6) is 0 Å². The van der Waals surface area contributed by atoms with E-state index in [0.717, 1.165) is 6.07 Å². The smallest absolute Gasteiger partial charge is 0.416 e. The summed E-state index contributed by atoms with van der Waals surface area (Å²) in [6.07, 6.45) is -4.86. The second kappa shape index (κ2) is 4.87. The van der Waals surface area contributed by atoms with Gasteiger partial charge in [0, 0.05) is 12.3 Å². The molecule has 1 fully saturated rings. The van der Waals surface area contributed by atoms with Gasteiger partial charge < -0.3 is 5.11 Å². The van der Waals surface area contributed by atoms with Gasteiger partial charge in [-0.25, -0.2) is 9.69 Å². The summed E-state index contributed by atoms with van der Waals surface area (Å²) in [5.41, 5.74) is -2.20. The van der Waals surface area contributed by atoms with Crippen LogP contribution < -0.4 is 4.90 Å². The van der Waals surface area contributed by atoms with Crippen LogP contribution in [0, 0.1) is 5.92 Å². The summed E-state index contributed by atoms with van der Waals surface area (Å²) in [4.78, 5) is 35.3. The second-order valence-corrected chi connectivity index (χ2v) is 4.71. The van der Waals surface area contributed by atoms with Crippen LogP contribution >= 0.6 is 0 Å². The van der Waals surface area contributed by atoms with Crippen LogP contribution in [-0.2, 0) is 15.8 Å². The molecule has 1 aromatic carbocycles. The fourth-order valence-corrected chi connectivity index (χ4v) is 2.11. The number of hydrogen-bond donors (Lipinski definition) is 1. The third kappa shape index (κ3) is 2.61. The first-order chi connectivity index (χ1) is 9.62. The van der Waals surface area contributed by atoms with E-state index in [9.17, 15) is 27.6 Å². The van der Waals surface area contributed by atoms with E-state index < -0.39 is 46.7 Å². The first-order valence-electron chi connectivity index (χ1n) is 5.94. The number of benzene rings is 1. The molecule has 1 heterocycles. The Morgan fingerprint density at radius 3 is 2.38 bits per heavy atom. The zero-order chi connectivity index (χ0) is 15.9. The number of hydrogen-bond acceptors (Lipinski definition) is 3. The van der Waals surface area contributed by atoms with Gasteiger partial charge in [0.05, 0.1) is 16.8 Å². The highest BCUT2D eigenvalue weighted by molar-refractivity contribution is 6.22. The van der Waals surface area contributed by atoms with Gasteiger partial charge in [0.15, 0.2) is 0 Å². The molecule has 0 spiro atoms. The molecule has 1 unspecified atom stereocenters. The van der Waals surface area contributed by atoms with Gasteiger partial charge >= 0.3 is 12.1 Å². The average molecular weight is 301 g/mol. The summed E-state index contributed by atoms with van der Waals surface area (Å²) in [5, 5.41) is 9.03. The molecule has 1 atom stereocenters. The number of aromatic carboxylic acids is 1. The van der Waals surface area contributed by atoms with Crippen LogP contribution in [0.1, 0.15) is 29.3 Å². The molecule has 1 saturated heterocycles. The van der Waals surface area contributed by atoms with E-state index in [1.807, 2.05) is 0 Å². The van der Waals surface area contributed by atoms with Crippen molar-refractivity contribution in [3.63, 3.8) is 0 Å². The highest BCUT2D eigenvalue weighted by atomic mass is 19.4. The maximum absolute atomic E-state index is 12.7. The summed E-state index contributed by atoms with van der Waals surface area (Å²) >= 11 is 0. The molecule has 5 nitrogen and oxygen atoms in total. The summed E-state index contributed by atoms with van der Waals surface area (Å²) < 4.78 is 38.2. The lowest BCUT2D eigenvalue weighted by Gasteiger charge is -2.18. The number of carboxylic acid groups (broad SMARTS) is 1. The summed E-state index contributed by atoms with van der Waals surface area (Å²) in [6.45, 7) is 1.45. The molecule has 2 amide bonds. The van der Waals surface area contributed by atoms with Gasteiger partial charge in [0.2, 0.25) is 11.8 Å². The first kappa shape index (κ1) is 15.0. The van der Waals surface area contributed by atoms with E-state index in [0.29, 0.717) is 17.0 Å². The average Bonchev–Trinajstić information content (AvgIpc) is 2.61. The maximum Gasteiger partial charge on any atom is 0.416 e. The minimum atomic E-state index is -4.71. The Morgan fingerprint density at radius 1 is 1.33 bits per heavy atom. The SMILES string of the molecule is CC1CC(=O)N(c2cc(C(F)(F)F)ccc2C(=O)O)C1=O. The van der Waals surface area contributed by atoms with Gasteiger partial charge in [-0.3, -0.25) is 9.59 Å². The van der Waals surface area contributed by atoms with E-state index >= 15 is 0 Å². The Morgan fingerprint density at radius 2 is 1.95 bits per heavy atom. The lowest BCUT2D eigenvalue weighted by molar-refractivity contribution is -0.137. The summed E-state index contributed by atoms with van der Waals surface area (Å²) in [6, 6.07) is 1.85. The number of alkyl halides is 3. The fraction of sp³-hybridized carbons (Fsp3) is 0.308. The van der Waals surface area contributed by atoms with Gasteiger partial charge in [-0.1, -0.05) is 6.92 Å². The van der Waals surface area contributed by atoms with Crippen LogP contribution in [-0.4, -0.2) is 22.9 Å². The number of carbonyl (C=O) groups excluding carboxylic acids is 2. The highest BCUT2D eigenvalue weighted by Gasteiger charge is 2.40. The lowest BCUT2D eigenvalue weighted by atomic mass is 10.1. The number of imide groups is 1. The van der Waals surface area contributed by atoms with E-state index in [-0.39, 0.29) is 6.42 Å². The molecule has 0 bridgehead atoms. The molecule has 2 rings (SSSR count). The van der Waals surface area contributed by atoms with Crippen LogP contribution in [0.4, 0.5) is 18.9 Å². The quantitative estimate of drug-likeness (QED) is 0.851. The fourth-order valence-electron chi connectivity index (χ4n) is 2.11. The zero-order valence-electron chi connectivity index (χ0n) is 10.8. The highest BCUT2D eigenvalue weighted by Crippen LogP contribution is 2.36. The normalized spacial score (nSPS) is 19.2. The van der Waals surface area contributed by atoms with Crippen LogP contribution in [0.2, 0.25) is 0 Å². The van der Waals surface area contributed by atoms with E-state index in [1.165, 1.54) is 6.92 Å². The van der Waals surface area contributed by atoms with Crippen molar-refractivity contribution in [1.82, 2.24) is 0 Å². The molecule has 0 saturated carbocycles. The molecule has 0 aliphatic carbocycles. The van der Waals surface area contributed by atoms with Crippen molar-refractivity contribution in [2.24, 2.45) is 5.92 Å². The number of amides is 2. The van der Waals surface area contributed by atoms with E-state index in [4.69, 9.17) is 5.11 Å². The molecule has 0 aromatic heterocycles. The van der Waals surface area contributed by atoms with Crippen LogP contribution in [0.25, 0.3) is 0 Å². The second-order valence-electron chi connectivity index (χ2n) is 4.71. The Labute approximate surface area is 117 Å². The number of carboxylic acids is 1. The lowest BCUT2D eigenvalue weighted by Crippen LogP contribution is -2.32. The Kier molecular flexibility index (Phi) is 3.48. The van der Waals surface area contributed by atoms with Gasteiger partial charge in [0.1, 0.15) is 0 Å². The number of nitrogens with zero attached hydrogens (tertiary/aromatic N) is 1. The van der Waals surface area contributed by atoms with Crippen molar-refractivity contribution in [2.75, 3.05) is 4.90 Å². The van der Waals surface area contributed by atoms with Crippen molar-refractivity contribution in [3.05, 3.63) is 29.3 Å². The summed E-state index contributed by atoms with van der Waals surface area (Å²) in [5.74, 6) is -3.62. The minimum absolute atomic E-state index is 0.159. The Balaban J connectivity index is 2.62. The van der Waals surface area contributed by atoms with Crippen molar-refractivity contribution >= 4 is 23.5 Å². The number of carbonyl (C=O) groups is 3. The third-order valence-electron chi connectivity index (χ3n) is 3.17. The molecular formula is C13H10F3NO4. The Hall–Kier alpha value is -2.38. The molecular weight excluding hydrogens is 291 g/mol. The number of rotatable bonds is 2. The zero-order valence-corrected chi connectivity index (χ0v) is 10.8. The molecule has 1 aliphatic heterocycles. The van der Waals surface area contributed by atoms with Crippen molar-refractivity contribution in [2.45, 2.75) is 19.5 Å². The Bertz CT molecular complexity index is 639. The minimum Gasteiger partial charge on any atom is -0.478 e. The van der Waals surface area contributed by atoms with Gasteiger partial charge in [-0.15, -0.1) is 0 Å². The van der Waals surface area contributed by atoms with E-state index in [1.54, 1.807) is 0 Å². The molecule has 112 valence electrons. The predicted octanol–water partition coefficient (Wildman–Crippen LogP) is 2.30. The molecule has 1 aliphatic rings. The van der Waals surface area contributed by atoms with E-state index in [2.05, 4.69) is 0 Å². The van der Waals surface area contributed by atoms with Crippen molar-refractivity contribution in [3.8, 4) is 0 Å². The van der Waals surface area contributed by atoms with Crippen LogP contribution in [0.3, 0.4) is 0 Å². The predicted molar refractivity (Wildman–Crippen MR) is 64.7 cm³/mol. The van der Waals surface area contributed by atoms with Crippen molar-refractivity contribution in [1.29, 1.82) is 0 Å². The summed E-state index contributed by atoms with van der Waals surface area (Å²) in [7, 11) is 0. The molecule has 8 heteroatoms. The first-order valence-corrected chi connectivity index (χ1v) is 5.94. The number of halogens is 3. The molecule has 1 N–H and O–H groups in total. The molecule has 1 aromatic rings. The monoisotopic (exact) mass is 301 g/mol. The molecule has 0 radical (unpaired) electrons.